The molecule has 0 fully saturated rings. The number of hydrogen-bond acceptors (Lipinski definition) is 3. The average molecular weight is 364 g/mol. The van der Waals surface area contributed by atoms with Crippen LogP contribution < -0.4 is 13.5 Å². The standard InChI is InChI=1S/C6H4F.CH2O3.Bi/c7-6-4-2-1-3-5-6;2-1(3)4;/h2-5H;(H2,2,3,4);/q;;+2/p-2. The predicted molar refractivity (Wildman–Crippen MR) is 37.2 cm³/mol. The third-order valence-electron chi connectivity index (χ3n) is 0.827. The molecule has 0 aliphatic carbocycles. The Labute approximate surface area is 83.7 Å². The summed E-state index contributed by atoms with van der Waals surface area (Å²) in [6.45, 7) is 0. The van der Waals surface area contributed by atoms with Crippen molar-refractivity contribution in [2.45, 2.75) is 0 Å². The van der Waals surface area contributed by atoms with E-state index in [1.807, 2.05) is 0 Å². The topological polar surface area (TPSA) is 63.2 Å². The Morgan fingerprint density at radius 2 is 1.58 bits per heavy atom. The zero-order chi connectivity index (χ0) is 9.56. The Morgan fingerprint density at radius 1 is 1.25 bits per heavy atom. The Bertz CT molecular complexity index is 222. The summed E-state index contributed by atoms with van der Waals surface area (Å²) >= 11 is 1.19. The maximum Gasteiger partial charge on any atom is -0.0431 e. The molecule has 1 aromatic rings. The maximum atomic E-state index is 12.1. The molecule has 5 heteroatoms. The number of carbonyl (C=O) groups excluding carboxylic acids is 1. The van der Waals surface area contributed by atoms with Gasteiger partial charge in [-0.25, -0.2) is 0 Å². The van der Waals surface area contributed by atoms with Crippen LogP contribution in [0.25, 0.3) is 0 Å². The molecular formula is C7H4BiFO3. The largest absolute Gasteiger partial charge is 0.652 e. The van der Waals surface area contributed by atoms with E-state index in [0.29, 0.717) is 0 Å². The number of halogens is 1. The first-order chi connectivity index (χ1) is 5.52. The summed E-state index contributed by atoms with van der Waals surface area (Å²) in [5.41, 5.74) is 0. The average Bonchev–Trinajstić information content (AvgIpc) is 1.94. The van der Waals surface area contributed by atoms with E-state index >= 15 is 0 Å². The molecular weight excluding hydrogens is 360 g/mol. The van der Waals surface area contributed by atoms with Crippen molar-refractivity contribution in [3.63, 3.8) is 0 Å². The molecule has 12 heavy (non-hydrogen) atoms. The van der Waals surface area contributed by atoms with Crippen LogP contribution in [0.5, 0.6) is 0 Å². The van der Waals surface area contributed by atoms with Gasteiger partial charge in [-0.2, -0.15) is 0 Å². The molecule has 0 N–H and O–H groups in total. The van der Waals surface area contributed by atoms with Crippen molar-refractivity contribution in [1.82, 2.24) is 0 Å². The molecule has 0 spiro atoms. The Hall–Kier alpha value is -0.697. The van der Waals surface area contributed by atoms with Gasteiger partial charge in [0.1, 0.15) is 0 Å². The Morgan fingerprint density at radius 3 is 1.83 bits per heavy atom. The van der Waals surface area contributed by atoms with E-state index in [-0.39, 0.29) is 5.82 Å². The monoisotopic (exact) mass is 364 g/mol. The van der Waals surface area contributed by atoms with E-state index < -0.39 is 6.16 Å². The van der Waals surface area contributed by atoms with Crippen molar-refractivity contribution >= 4 is 34.1 Å². The van der Waals surface area contributed by atoms with Crippen LogP contribution in [0.4, 0.5) is 9.18 Å². The first-order valence-electron chi connectivity index (χ1n) is 2.85. The van der Waals surface area contributed by atoms with E-state index in [4.69, 9.17) is 15.0 Å². The number of carbonyl (C=O) groups is 1. The van der Waals surface area contributed by atoms with Crippen molar-refractivity contribution in [3.8, 4) is 0 Å². The Kier molecular flexibility index (Phi) is 5.55. The molecule has 0 heterocycles. The maximum absolute atomic E-state index is 12.1. The van der Waals surface area contributed by atoms with Gasteiger partial charge < -0.3 is 15.0 Å². The molecule has 1 aromatic carbocycles. The zero-order valence-corrected chi connectivity index (χ0v) is 9.34. The molecule has 62 valence electrons. The summed E-state index contributed by atoms with van der Waals surface area (Å²) in [6.07, 6.45) is -2.33. The van der Waals surface area contributed by atoms with Gasteiger partial charge in [0, 0.05) is 0 Å². The van der Waals surface area contributed by atoms with Gasteiger partial charge in [-0.3, -0.25) is 0 Å². The molecule has 0 amide bonds. The molecule has 0 saturated heterocycles. The normalized spacial score (nSPS) is 8.08. The van der Waals surface area contributed by atoms with Gasteiger partial charge >= 0.3 is 62.5 Å². The van der Waals surface area contributed by atoms with Gasteiger partial charge in [0.05, 0.1) is 0 Å². The molecule has 0 bridgehead atoms. The molecule has 0 atom stereocenters. The summed E-state index contributed by atoms with van der Waals surface area (Å²) in [7, 11) is 0. The molecule has 1 rings (SSSR count). The first kappa shape index (κ1) is 11.3. The zero-order valence-electron chi connectivity index (χ0n) is 5.86. The number of hydrogen-bond donors (Lipinski definition) is 0. The second-order valence-corrected chi connectivity index (χ2v) is 3.73. The van der Waals surface area contributed by atoms with Crippen LogP contribution in [0.3, 0.4) is 0 Å². The summed E-state index contributed by atoms with van der Waals surface area (Å²) < 4.78 is 13.3. The third kappa shape index (κ3) is 7.41. The molecule has 0 aliphatic heterocycles. The van der Waals surface area contributed by atoms with E-state index in [9.17, 15) is 4.39 Å². The molecule has 0 unspecified atom stereocenters. The number of benzene rings is 1. The fourth-order valence-corrected chi connectivity index (χ4v) is 1.02. The summed E-state index contributed by atoms with van der Waals surface area (Å²) in [4.78, 5) is 8.33. The Balaban J connectivity index is 0.000000261. The smallest absolute Gasteiger partial charge is 0.0431 e. The van der Waals surface area contributed by atoms with Crippen LogP contribution in [0.15, 0.2) is 24.3 Å². The van der Waals surface area contributed by atoms with Gasteiger partial charge in [0.15, 0.2) is 0 Å². The number of carboxylic acid groups (broad SMARTS) is 2. The fourth-order valence-electron chi connectivity index (χ4n) is 0.441. The third-order valence-corrected chi connectivity index (χ3v) is 1.99. The van der Waals surface area contributed by atoms with Crippen molar-refractivity contribution in [2.75, 3.05) is 0 Å². The van der Waals surface area contributed by atoms with Crippen LogP contribution >= 0.6 is 0 Å². The van der Waals surface area contributed by atoms with Crippen LogP contribution in [0.2, 0.25) is 0 Å². The van der Waals surface area contributed by atoms with Crippen LogP contribution in [0.1, 0.15) is 0 Å². The van der Waals surface area contributed by atoms with Gasteiger partial charge in [-0.1, -0.05) is 0 Å². The van der Waals surface area contributed by atoms with Crippen molar-refractivity contribution in [3.05, 3.63) is 30.1 Å². The molecule has 0 aromatic heterocycles. The van der Waals surface area contributed by atoms with Crippen molar-refractivity contribution < 1.29 is 19.4 Å². The van der Waals surface area contributed by atoms with E-state index in [0.717, 1.165) is 0 Å². The summed E-state index contributed by atoms with van der Waals surface area (Å²) in [5, 5.41) is 16.7. The van der Waals surface area contributed by atoms with Gasteiger partial charge in [0.25, 0.3) is 0 Å². The van der Waals surface area contributed by atoms with Gasteiger partial charge in [0.2, 0.25) is 0 Å². The molecule has 3 nitrogen and oxygen atoms in total. The van der Waals surface area contributed by atoms with Crippen molar-refractivity contribution in [1.29, 1.82) is 0 Å². The van der Waals surface area contributed by atoms with Crippen molar-refractivity contribution in [2.24, 2.45) is 0 Å². The SMILES string of the molecule is Fc1cc[c]([Bi+2])cc1.O=C([O-])[O-]. The van der Waals surface area contributed by atoms with E-state index in [1.165, 1.54) is 40.1 Å². The van der Waals surface area contributed by atoms with Crippen LogP contribution in [-0.2, 0) is 0 Å². The molecule has 0 aliphatic rings. The second kappa shape index (κ2) is 5.89. The van der Waals surface area contributed by atoms with Crippen LogP contribution in [0, 0.1) is 5.82 Å². The molecule has 2 radical (unpaired) electrons. The first-order valence-corrected chi connectivity index (χ1v) is 4.58. The minimum Gasteiger partial charge on any atom is -0.652 e. The van der Waals surface area contributed by atoms with Crippen LogP contribution in [-0.4, -0.2) is 30.9 Å². The predicted octanol–water partition coefficient (Wildman–Crippen LogP) is -1.83. The number of rotatable bonds is 0. The van der Waals surface area contributed by atoms with Gasteiger partial charge in [-0.15, -0.1) is 0 Å². The minimum atomic E-state index is -2.33. The van der Waals surface area contributed by atoms with E-state index in [1.54, 1.807) is 12.1 Å². The molecule has 0 saturated carbocycles. The summed E-state index contributed by atoms with van der Waals surface area (Å²) in [6, 6.07) is 6.55. The summed E-state index contributed by atoms with van der Waals surface area (Å²) in [5.74, 6) is -0.153. The minimum absolute atomic E-state index is 0.153. The fraction of sp³-hybridized carbons (Fsp3) is 0. The van der Waals surface area contributed by atoms with Gasteiger partial charge in [-0.05, 0) is 6.16 Å². The second-order valence-electron chi connectivity index (χ2n) is 1.73. The quantitative estimate of drug-likeness (QED) is 0.509. The van der Waals surface area contributed by atoms with E-state index in [2.05, 4.69) is 0 Å².